The molecule has 1 fully saturated rings. The van der Waals surface area contributed by atoms with Gasteiger partial charge in [0.1, 0.15) is 0 Å². The Hall–Kier alpha value is -0.780. The van der Waals surface area contributed by atoms with E-state index >= 15 is 0 Å². The second kappa shape index (κ2) is 12.6. The van der Waals surface area contributed by atoms with Crippen molar-refractivity contribution in [2.24, 2.45) is 23.2 Å². The monoisotopic (exact) mass is 332 g/mol. The predicted octanol–water partition coefficient (Wildman–Crippen LogP) is 8.16. The third-order valence-electron chi connectivity index (χ3n) is 6.15. The summed E-state index contributed by atoms with van der Waals surface area (Å²) in [6.07, 6.45) is 8.29. The van der Waals surface area contributed by atoms with E-state index in [9.17, 15) is 0 Å². The lowest BCUT2D eigenvalue weighted by Gasteiger charge is -2.38. The van der Waals surface area contributed by atoms with E-state index in [0.717, 1.165) is 17.8 Å². The lowest BCUT2D eigenvalue weighted by atomic mass is 9.67. The zero-order chi connectivity index (χ0) is 18.6. The maximum atomic E-state index is 2.52. The summed E-state index contributed by atoms with van der Waals surface area (Å²) in [6, 6.07) is 11.0. The van der Waals surface area contributed by atoms with Crippen LogP contribution in [0.1, 0.15) is 93.1 Å². The molecule has 1 aromatic carbocycles. The third-order valence-corrected chi connectivity index (χ3v) is 6.15. The van der Waals surface area contributed by atoms with Crippen molar-refractivity contribution >= 4 is 0 Å². The van der Waals surface area contributed by atoms with E-state index in [-0.39, 0.29) is 0 Å². The summed E-state index contributed by atoms with van der Waals surface area (Å²) in [7, 11) is 0. The molecule has 0 spiro atoms. The number of benzene rings is 1. The van der Waals surface area contributed by atoms with Crippen molar-refractivity contribution in [1.29, 1.82) is 0 Å². The Kier molecular flexibility index (Phi) is 12.2. The molecule has 0 N–H and O–H groups in total. The molecule has 0 bridgehead atoms. The summed E-state index contributed by atoms with van der Waals surface area (Å²) >= 11 is 0. The molecule has 0 amide bonds. The van der Waals surface area contributed by atoms with Gasteiger partial charge in [0.25, 0.3) is 0 Å². The number of rotatable bonds is 4. The number of hydrogen-bond acceptors (Lipinski definition) is 0. The van der Waals surface area contributed by atoms with Crippen molar-refractivity contribution in [1.82, 2.24) is 0 Å². The van der Waals surface area contributed by atoms with Crippen molar-refractivity contribution in [3.05, 3.63) is 35.9 Å². The van der Waals surface area contributed by atoms with E-state index < -0.39 is 0 Å². The van der Waals surface area contributed by atoms with Gasteiger partial charge in [-0.1, -0.05) is 98.6 Å². The average molecular weight is 333 g/mol. The molecule has 0 aromatic heterocycles. The molecule has 2 rings (SSSR count). The maximum absolute atomic E-state index is 2.52. The van der Waals surface area contributed by atoms with Crippen molar-refractivity contribution in [2.45, 2.75) is 93.9 Å². The summed E-state index contributed by atoms with van der Waals surface area (Å²) in [5, 5.41) is 0. The number of aryl methyl sites for hydroxylation is 1. The van der Waals surface area contributed by atoms with Crippen molar-refractivity contribution in [3.8, 4) is 0 Å². The van der Waals surface area contributed by atoms with Gasteiger partial charge in [-0.25, -0.2) is 0 Å². The van der Waals surface area contributed by atoms with Gasteiger partial charge < -0.3 is 0 Å². The first-order valence-electron chi connectivity index (χ1n) is 10.6. The summed E-state index contributed by atoms with van der Waals surface area (Å²) in [5.74, 6) is 2.70. The molecule has 0 heterocycles. The summed E-state index contributed by atoms with van der Waals surface area (Å²) < 4.78 is 0. The van der Waals surface area contributed by atoms with Gasteiger partial charge in [-0.3, -0.25) is 0 Å². The Bertz CT molecular complexity index is 390. The van der Waals surface area contributed by atoms with E-state index in [4.69, 9.17) is 0 Å². The first-order chi connectivity index (χ1) is 11.5. The largest absolute Gasteiger partial charge is 0.0683 e. The summed E-state index contributed by atoms with van der Waals surface area (Å²) in [5.41, 5.74) is 2.01. The van der Waals surface area contributed by atoms with Gasteiger partial charge in [-0.15, -0.1) is 0 Å². The Balaban J connectivity index is 0.00000123. The van der Waals surface area contributed by atoms with Crippen LogP contribution in [0.2, 0.25) is 0 Å². The van der Waals surface area contributed by atoms with Crippen LogP contribution in [0, 0.1) is 23.2 Å². The van der Waals surface area contributed by atoms with Crippen molar-refractivity contribution in [3.63, 3.8) is 0 Å². The van der Waals surface area contributed by atoms with Gasteiger partial charge in [0.2, 0.25) is 0 Å². The molecule has 0 radical (unpaired) electrons. The quantitative estimate of drug-likeness (QED) is 0.488. The highest BCUT2D eigenvalue weighted by atomic mass is 14.4. The van der Waals surface area contributed by atoms with Crippen molar-refractivity contribution in [2.75, 3.05) is 0 Å². The fourth-order valence-corrected chi connectivity index (χ4v) is 3.93. The van der Waals surface area contributed by atoms with Crippen LogP contribution in [0.3, 0.4) is 0 Å². The molecule has 24 heavy (non-hydrogen) atoms. The standard InChI is InChI=1S/C20H32.2C2H6/c1-5-17-12-11-16(2)20(3,4)19(15-17)14-13-18-9-7-6-8-10-18;2*1-2/h6-10,16-17,19H,5,11-15H2,1-4H3;2*1-2H3. The Morgan fingerprint density at radius 3 is 2.08 bits per heavy atom. The fraction of sp³-hybridized carbons (Fsp3) is 0.750. The molecule has 140 valence electrons. The van der Waals surface area contributed by atoms with Crippen LogP contribution < -0.4 is 0 Å². The Morgan fingerprint density at radius 1 is 0.958 bits per heavy atom. The molecule has 1 aromatic rings. The van der Waals surface area contributed by atoms with Gasteiger partial charge in [0.05, 0.1) is 0 Å². The van der Waals surface area contributed by atoms with Crippen LogP contribution in [-0.2, 0) is 6.42 Å². The first kappa shape index (κ1) is 23.2. The molecular weight excluding hydrogens is 288 g/mol. The Morgan fingerprint density at radius 2 is 1.54 bits per heavy atom. The topological polar surface area (TPSA) is 0 Å². The minimum absolute atomic E-state index is 0.499. The molecule has 3 atom stereocenters. The second-order valence-corrected chi connectivity index (χ2v) is 7.53. The molecule has 0 nitrogen and oxygen atoms in total. The highest BCUT2D eigenvalue weighted by Crippen LogP contribution is 2.47. The van der Waals surface area contributed by atoms with Gasteiger partial charge in [0.15, 0.2) is 0 Å². The van der Waals surface area contributed by atoms with Crippen LogP contribution in [0.25, 0.3) is 0 Å². The molecule has 0 heteroatoms. The average Bonchev–Trinajstić information content (AvgIpc) is 2.74. The summed E-state index contributed by atoms with van der Waals surface area (Å²) in [4.78, 5) is 0. The highest BCUT2D eigenvalue weighted by molar-refractivity contribution is 5.14. The van der Waals surface area contributed by atoms with Crippen LogP contribution >= 0.6 is 0 Å². The zero-order valence-electron chi connectivity index (χ0n) is 17.9. The molecule has 0 saturated heterocycles. The lowest BCUT2D eigenvalue weighted by molar-refractivity contribution is 0.117. The Labute approximate surface area is 153 Å². The molecular formula is C24H44. The van der Waals surface area contributed by atoms with Crippen LogP contribution in [0.4, 0.5) is 0 Å². The van der Waals surface area contributed by atoms with Crippen LogP contribution in [-0.4, -0.2) is 0 Å². The molecule has 1 aliphatic rings. The first-order valence-corrected chi connectivity index (χ1v) is 10.6. The van der Waals surface area contributed by atoms with Gasteiger partial charge in [-0.2, -0.15) is 0 Å². The summed E-state index contributed by atoms with van der Waals surface area (Å²) in [6.45, 7) is 17.9. The fourth-order valence-electron chi connectivity index (χ4n) is 3.93. The highest BCUT2D eigenvalue weighted by Gasteiger charge is 2.37. The van der Waals surface area contributed by atoms with Crippen molar-refractivity contribution < 1.29 is 0 Å². The third kappa shape index (κ3) is 6.99. The van der Waals surface area contributed by atoms with E-state index in [1.165, 1.54) is 44.1 Å². The normalized spacial score (nSPS) is 25.4. The van der Waals surface area contributed by atoms with Gasteiger partial charge in [0, 0.05) is 0 Å². The van der Waals surface area contributed by atoms with E-state index in [2.05, 4.69) is 58.0 Å². The SMILES string of the molecule is CC.CC.CCC1CCC(C)C(C)(C)C(CCc2ccccc2)C1. The lowest BCUT2D eigenvalue weighted by Crippen LogP contribution is -2.30. The zero-order valence-corrected chi connectivity index (χ0v) is 17.9. The minimum Gasteiger partial charge on any atom is -0.0683 e. The second-order valence-electron chi connectivity index (χ2n) is 7.53. The molecule has 3 unspecified atom stereocenters. The maximum Gasteiger partial charge on any atom is -0.0276 e. The van der Waals surface area contributed by atoms with E-state index in [0.29, 0.717) is 5.41 Å². The van der Waals surface area contributed by atoms with Gasteiger partial charge >= 0.3 is 0 Å². The van der Waals surface area contributed by atoms with Gasteiger partial charge in [-0.05, 0) is 54.4 Å². The molecule has 1 saturated carbocycles. The molecule has 0 aliphatic heterocycles. The minimum atomic E-state index is 0.499. The number of hydrogen-bond donors (Lipinski definition) is 0. The van der Waals surface area contributed by atoms with E-state index in [1.54, 1.807) is 0 Å². The van der Waals surface area contributed by atoms with Crippen LogP contribution in [0.15, 0.2) is 30.3 Å². The predicted molar refractivity (Wildman–Crippen MR) is 112 cm³/mol. The molecule has 1 aliphatic carbocycles. The van der Waals surface area contributed by atoms with E-state index in [1.807, 2.05) is 27.7 Å². The van der Waals surface area contributed by atoms with Crippen LogP contribution in [0.5, 0.6) is 0 Å². The smallest absolute Gasteiger partial charge is 0.0276 e.